The van der Waals surface area contributed by atoms with Gasteiger partial charge in [0.2, 0.25) is 0 Å². The molecule has 5 nitrogen and oxygen atoms in total. The summed E-state index contributed by atoms with van der Waals surface area (Å²) in [6.45, 7) is -0.249. The molecule has 0 saturated heterocycles. The molecular formula is C15H11Cl4N3O2. The van der Waals surface area contributed by atoms with Crippen LogP contribution in [0, 0.1) is 0 Å². The molecule has 0 radical (unpaired) electrons. The molecule has 0 aromatic heterocycles. The van der Waals surface area contributed by atoms with E-state index in [-0.39, 0.29) is 16.6 Å². The molecule has 0 fully saturated rings. The molecule has 3 N–H and O–H groups in total. The summed E-state index contributed by atoms with van der Waals surface area (Å²) in [5.74, 6) is -0.914. The molecule has 9 heteroatoms. The molecule has 2 rings (SSSR count). The Morgan fingerprint density at radius 2 is 1.58 bits per heavy atom. The summed E-state index contributed by atoms with van der Waals surface area (Å²) in [6.07, 6.45) is 0. The number of anilines is 1. The molecule has 2 aromatic rings. The highest BCUT2D eigenvalue weighted by atomic mass is 35.5. The first-order valence-electron chi connectivity index (χ1n) is 6.60. The third-order valence-electron chi connectivity index (χ3n) is 2.83. The summed E-state index contributed by atoms with van der Waals surface area (Å²) in [5.41, 5.74) is 5.62. The lowest BCUT2D eigenvalue weighted by Crippen LogP contribution is -2.39. The average molecular weight is 407 g/mol. The van der Waals surface area contributed by atoms with Crippen molar-refractivity contribution < 1.29 is 9.59 Å². The standard InChI is InChI=1S/C15H11Cl4N3O2/c16-9-3-1-2-8(4-9)15(24)20-7-13(23)21-22-14-11(18)5-10(17)6-12(14)19/h1-6,22H,7H2,(H,20,24)(H,21,23). The Labute approximate surface area is 158 Å². The molecule has 0 unspecified atom stereocenters. The smallest absolute Gasteiger partial charge is 0.257 e. The second-order valence-electron chi connectivity index (χ2n) is 4.61. The summed E-state index contributed by atoms with van der Waals surface area (Å²) >= 11 is 23.6. The summed E-state index contributed by atoms with van der Waals surface area (Å²) < 4.78 is 0. The van der Waals surface area contributed by atoms with Gasteiger partial charge in [-0.1, -0.05) is 52.5 Å². The van der Waals surface area contributed by atoms with Crippen molar-refractivity contribution in [3.8, 4) is 0 Å². The van der Waals surface area contributed by atoms with Crippen LogP contribution in [0.2, 0.25) is 20.1 Å². The van der Waals surface area contributed by atoms with Gasteiger partial charge in [0.15, 0.2) is 0 Å². The zero-order valence-corrected chi connectivity index (χ0v) is 15.0. The van der Waals surface area contributed by atoms with E-state index < -0.39 is 11.8 Å². The number of hydrazine groups is 1. The second-order valence-corrected chi connectivity index (χ2v) is 6.30. The second kappa shape index (κ2) is 8.44. The molecule has 126 valence electrons. The first-order chi connectivity index (χ1) is 11.4. The normalized spacial score (nSPS) is 10.2. The van der Waals surface area contributed by atoms with Crippen LogP contribution in [0.1, 0.15) is 10.4 Å². The van der Waals surface area contributed by atoms with Gasteiger partial charge in [0.25, 0.3) is 11.8 Å². The molecule has 0 aliphatic rings. The van der Waals surface area contributed by atoms with E-state index in [1.807, 2.05) is 0 Å². The summed E-state index contributed by atoms with van der Waals surface area (Å²) in [7, 11) is 0. The number of carbonyl (C=O) groups excluding carboxylic acids is 2. The first kappa shape index (κ1) is 18.7. The largest absolute Gasteiger partial charge is 0.343 e. The van der Waals surface area contributed by atoms with E-state index in [0.717, 1.165) is 0 Å². The van der Waals surface area contributed by atoms with Crippen LogP contribution in [0.25, 0.3) is 0 Å². The Balaban J connectivity index is 1.87. The predicted molar refractivity (Wildman–Crippen MR) is 97.0 cm³/mol. The van der Waals surface area contributed by atoms with Crippen LogP contribution >= 0.6 is 46.4 Å². The van der Waals surface area contributed by atoms with E-state index in [4.69, 9.17) is 46.4 Å². The summed E-state index contributed by atoms with van der Waals surface area (Å²) in [5, 5.41) is 3.76. The van der Waals surface area contributed by atoms with Crippen LogP contribution in [-0.4, -0.2) is 18.4 Å². The lowest BCUT2D eigenvalue weighted by Gasteiger charge is -2.12. The van der Waals surface area contributed by atoms with Crippen LogP contribution in [0.5, 0.6) is 0 Å². The highest BCUT2D eigenvalue weighted by Crippen LogP contribution is 2.32. The molecule has 24 heavy (non-hydrogen) atoms. The number of halogens is 4. The predicted octanol–water partition coefficient (Wildman–Crippen LogP) is 4.17. The molecule has 0 spiro atoms. The highest BCUT2D eigenvalue weighted by Gasteiger charge is 2.11. The Morgan fingerprint density at radius 3 is 2.21 bits per heavy atom. The van der Waals surface area contributed by atoms with Gasteiger partial charge in [0.1, 0.15) is 0 Å². The quantitative estimate of drug-likeness (QED) is 0.652. The first-order valence-corrected chi connectivity index (χ1v) is 8.11. The zero-order valence-electron chi connectivity index (χ0n) is 12.0. The van der Waals surface area contributed by atoms with Gasteiger partial charge in [0.05, 0.1) is 22.3 Å². The molecule has 0 aliphatic carbocycles. The lowest BCUT2D eigenvalue weighted by atomic mass is 10.2. The number of carbonyl (C=O) groups is 2. The minimum atomic E-state index is -0.493. The van der Waals surface area contributed by atoms with Gasteiger partial charge in [-0.2, -0.15) is 0 Å². The fourth-order valence-corrected chi connectivity index (χ4v) is 2.83. The van der Waals surface area contributed by atoms with E-state index in [1.54, 1.807) is 18.2 Å². The number of amides is 2. The number of nitrogens with one attached hydrogen (secondary N) is 3. The number of rotatable bonds is 5. The molecule has 0 bridgehead atoms. The number of hydrogen-bond acceptors (Lipinski definition) is 3. The van der Waals surface area contributed by atoms with Crippen LogP contribution in [0.15, 0.2) is 36.4 Å². The van der Waals surface area contributed by atoms with E-state index >= 15 is 0 Å². The van der Waals surface area contributed by atoms with Crippen molar-refractivity contribution in [3.63, 3.8) is 0 Å². The van der Waals surface area contributed by atoms with Gasteiger partial charge in [-0.25, -0.2) is 0 Å². The van der Waals surface area contributed by atoms with Crippen molar-refractivity contribution in [2.24, 2.45) is 0 Å². The molecule has 2 amide bonds. The molecule has 0 atom stereocenters. The Morgan fingerprint density at radius 1 is 0.917 bits per heavy atom. The maximum Gasteiger partial charge on any atom is 0.257 e. The summed E-state index contributed by atoms with van der Waals surface area (Å²) in [6, 6.07) is 9.33. The van der Waals surface area contributed by atoms with Crippen molar-refractivity contribution in [1.29, 1.82) is 0 Å². The third kappa shape index (κ3) is 5.18. The maximum absolute atomic E-state index is 11.9. The fraction of sp³-hybridized carbons (Fsp3) is 0.0667. The number of hydrogen-bond donors (Lipinski definition) is 3. The Kier molecular flexibility index (Phi) is 6.57. The van der Waals surface area contributed by atoms with Crippen molar-refractivity contribution in [3.05, 3.63) is 62.1 Å². The minimum absolute atomic E-state index is 0.246. The van der Waals surface area contributed by atoms with Gasteiger partial charge in [-0.3, -0.25) is 20.4 Å². The van der Waals surface area contributed by atoms with Gasteiger partial charge in [0, 0.05) is 15.6 Å². The van der Waals surface area contributed by atoms with Crippen LogP contribution in [0.4, 0.5) is 5.69 Å². The molecule has 0 saturated carbocycles. The molecule has 0 heterocycles. The Hall–Kier alpha value is -1.66. The van der Waals surface area contributed by atoms with Crippen molar-refractivity contribution in [2.45, 2.75) is 0 Å². The van der Waals surface area contributed by atoms with E-state index in [0.29, 0.717) is 21.3 Å². The van der Waals surface area contributed by atoms with E-state index in [1.165, 1.54) is 18.2 Å². The average Bonchev–Trinajstić information content (AvgIpc) is 2.51. The fourth-order valence-electron chi connectivity index (χ4n) is 1.73. The molecule has 0 aliphatic heterocycles. The van der Waals surface area contributed by atoms with Gasteiger partial charge in [-0.05, 0) is 30.3 Å². The topological polar surface area (TPSA) is 70.2 Å². The van der Waals surface area contributed by atoms with Crippen LogP contribution < -0.4 is 16.2 Å². The lowest BCUT2D eigenvalue weighted by molar-refractivity contribution is -0.119. The third-order valence-corrected chi connectivity index (χ3v) is 3.88. The highest BCUT2D eigenvalue weighted by molar-refractivity contribution is 6.41. The maximum atomic E-state index is 11.9. The number of benzene rings is 2. The van der Waals surface area contributed by atoms with E-state index in [9.17, 15) is 9.59 Å². The molecule has 2 aromatic carbocycles. The van der Waals surface area contributed by atoms with Crippen LogP contribution in [0.3, 0.4) is 0 Å². The van der Waals surface area contributed by atoms with Gasteiger partial charge < -0.3 is 5.32 Å². The van der Waals surface area contributed by atoms with E-state index in [2.05, 4.69) is 16.2 Å². The van der Waals surface area contributed by atoms with Crippen LogP contribution in [-0.2, 0) is 4.79 Å². The SMILES string of the molecule is O=C(CNC(=O)c1cccc(Cl)c1)NNc1c(Cl)cc(Cl)cc1Cl. The summed E-state index contributed by atoms with van der Waals surface area (Å²) in [4.78, 5) is 23.7. The van der Waals surface area contributed by atoms with Gasteiger partial charge in [-0.15, -0.1) is 0 Å². The minimum Gasteiger partial charge on any atom is -0.343 e. The monoisotopic (exact) mass is 405 g/mol. The molecular weight excluding hydrogens is 396 g/mol. The Bertz CT molecular complexity index is 760. The zero-order chi connectivity index (χ0) is 17.7. The van der Waals surface area contributed by atoms with Crippen molar-refractivity contribution in [1.82, 2.24) is 10.7 Å². The van der Waals surface area contributed by atoms with Crippen molar-refractivity contribution in [2.75, 3.05) is 12.0 Å². The van der Waals surface area contributed by atoms with Gasteiger partial charge >= 0.3 is 0 Å². The van der Waals surface area contributed by atoms with Crippen molar-refractivity contribution >= 4 is 63.9 Å².